The smallest absolute Gasteiger partial charge is 0.246 e. The summed E-state index contributed by atoms with van der Waals surface area (Å²) in [4.78, 5) is 0.293. The molecule has 1 heterocycles. The molecule has 2 rings (SSSR count). The minimum Gasteiger partial charge on any atom is -0.496 e. The van der Waals surface area contributed by atoms with Crippen molar-refractivity contribution in [2.45, 2.75) is 65.4 Å². The first kappa shape index (κ1) is 21.4. The van der Waals surface area contributed by atoms with Crippen LogP contribution in [0.25, 0.3) is 0 Å². The maximum atomic E-state index is 13.3. The van der Waals surface area contributed by atoms with Gasteiger partial charge in [-0.2, -0.15) is 9.40 Å². The van der Waals surface area contributed by atoms with Gasteiger partial charge in [0.1, 0.15) is 10.6 Å². The van der Waals surface area contributed by atoms with Crippen molar-refractivity contribution in [3.05, 3.63) is 40.2 Å². The molecule has 150 valence electrons. The lowest BCUT2D eigenvalue weighted by atomic mass is 10.1. The van der Waals surface area contributed by atoms with Crippen molar-refractivity contribution in [2.24, 2.45) is 0 Å². The van der Waals surface area contributed by atoms with Crippen LogP contribution in [0.1, 0.15) is 48.8 Å². The molecule has 2 aromatic rings. The number of nitrogens with zero attached hydrogens (tertiary/aromatic N) is 3. The first-order chi connectivity index (χ1) is 12.3. The van der Waals surface area contributed by atoms with Crippen LogP contribution >= 0.6 is 0 Å². The van der Waals surface area contributed by atoms with Crippen molar-refractivity contribution < 1.29 is 13.2 Å². The van der Waals surface area contributed by atoms with Crippen LogP contribution in [0.2, 0.25) is 0 Å². The zero-order chi connectivity index (χ0) is 20.7. The quantitative estimate of drug-likeness (QED) is 0.777. The molecule has 6 nitrogen and oxygen atoms in total. The molecule has 0 atom stereocenters. The Labute approximate surface area is 163 Å². The van der Waals surface area contributed by atoms with E-state index in [0.717, 1.165) is 22.4 Å². The molecular weight excluding hydrogens is 362 g/mol. The van der Waals surface area contributed by atoms with Gasteiger partial charge in [-0.25, -0.2) is 8.42 Å². The predicted octanol–water partition coefficient (Wildman–Crippen LogP) is 3.70. The summed E-state index contributed by atoms with van der Waals surface area (Å²) in [6.07, 6.45) is 0. The molecule has 7 heteroatoms. The molecule has 0 amide bonds. The van der Waals surface area contributed by atoms with E-state index in [1.54, 1.807) is 25.8 Å². The van der Waals surface area contributed by atoms with Crippen LogP contribution in [0, 0.1) is 27.7 Å². The number of ether oxygens (including phenoxy) is 1. The fourth-order valence-corrected chi connectivity index (χ4v) is 5.11. The second kappa shape index (κ2) is 7.28. The molecule has 0 saturated carbocycles. The zero-order valence-corrected chi connectivity index (χ0v) is 18.7. The van der Waals surface area contributed by atoms with E-state index in [9.17, 15) is 8.42 Å². The Balaban J connectivity index is 2.42. The summed E-state index contributed by atoms with van der Waals surface area (Å²) in [6.45, 7) is 13.8. The molecule has 1 aromatic carbocycles. The highest BCUT2D eigenvalue weighted by Gasteiger charge is 2.31. The van der Waals surface area contributed by atoms with Crippen LogP contribution < -0.4 is 4.74 Å². The number of methoxy groups -OCH3 is 1. The zero-order valence-electron chi connectivity index (χ0n) is 17.8. The van der Waals surface area contributed by atoms with Gasteiger partial charge in [-0.15, -0.1) is 0 Å². The lowest BCUT2D eigenvalue weighted by Crippen LogP contribution is -2.28. The van der Waals surface area contributed by atoms with E-state index in [1.165, 1.54) is 4.31 Å². The highest BCUT2D eigenvalue weighted by molar-refractivity contribution is 7.89. The van der Waals surface area contributed by atoms with Gasteiger partial charge in [0.2, 0.25) is 10.0 Å². The molecule has 0 spiro atoms. The summed E-state index contributed by atoms with van der Waals surface area (Å²) in [6, 6.07) is 3.94. The van der Waals surface area contributed by atoms with E-state index in [-0.39, 0.29) is 12.1 Å². The number of hydrogen-bond acceptors (Lipinski definition) is 4. The molecule has 0 fully saturated rings. The normalized spacial score (nSPS) is 12.7. The summed E-state index contributed by atoms with van der Waals surface area (Å²) in [5, 5.41) is 4.48. The lowest BCUT2D eigenvalue weighted by Gasteiger charge is -2.22. The summed E-state index contributed by atoms with van der Waals surface area (Å²) in [5.74, 6) is 0.836. The Morgan fingerprint density at radius 2 is 1.63 bits per heavy atom. The SMILES string of the molecule is COc1c(C)cc(CN(C)S(=O)(=O)c2c(C)nn(C(C)(C)C)c2C)cc1C. The summed E-state index contributed by atoms with van der Waals surface area (Å²) in [7, 11) is -0.409. The first-order valence-electron chi connectivity index (χ1n) is 8.97. The van der Waals surface area contributed by atoms with Crippen LogP contribution in [0.15, 0.2) is 17.0 Å². The van der Waals surface area contributed by atoms with Crippen LogP contribution in [0.3, 0.4) is 0 Å². The van der Waals surface area contributed by atoms with Gasteiger partial charge in [-0.1, -0.05) is 12.1 Å². The average molecular weight is 394 g/mol. The van der Waals surface area contributed by atoms with Gasteiger partial charge in [-0.3, -0.25) is 4.68 Å². The molecule has 0 aliphatic rings. The van der Waals surface area contributed by atoms with E-state index < -0.39 is 10.0 Å². The van der Waals surface area contributed by atoms with Gasteiger partial charge in [0.15, 0.2) is 0 Å². The number of sulfonamides is 1. The minimum atomic E-state index is -3.66. The van der Waals surface area contributed by atoms with Crippen molar-refractivity contribution in [1.29, 1.82) is 0 Å². The van der Waals surface area contributed by atoms with Crippen molar-refractivity contribution in [2.75, 3.05) is 14.2 Å². The molecule has 0 radical (unpaired) electrons. The molecule has 0 bridgehead atoms. The molecule has 27 heavy (non-hydrogen) atoms. The maximum Gasteiger partial charge on any atom is 0.246 e. The van der Waals surface area contributed by atoms with Gasteiger partial charge in [0, 0.05) is 13.6 Å². The van der Waals surface area contributed by atoms with E-state index >= 15 is 0 Å². The van der Waals surface area contributed by atoms with Crippen molar-refractivity contribution >= 4 is 10.0 Å². The van der Waals surface area contributed by atoms with Crippen LogP contribution in [0.4, 0.5) is 0 Å². The molecule has 0 unspecified atom stereocenters. The third-order valence-corrected chi connectivity index (χ3v) is 6.71. The molecule has 1 aromatic heterocycles. The fourth-order valence-electron chi connectivity index (χ4n) is 3.61. The van der Waals surface area contributed by atoms with Crippen LogP contribution in [0.5, 0.6) is 5.75 Å². The number of rotatable bonds is 5. The van der Waals surface area contributed by atoms with Crippen molar-refractivity contribution in [3.8, 4) is 5.75 Å². The molecule has 0 N–H and O–H groups in total. The molecule has 0 aliphatic heterocycles. The lowest BCUT2D eigenvalue weighted by molar-refractivity contribution is 0.345. The Hall–Kier alpha value is -1.86. The largest absolute Gasteiger partial charge is 0.496 e. The van der Waals surface area contributed by atoms with E-state index in [4.69, 9.17) is 4.74 Å². The second-order valence-corrected chi connectivity index (χ2v) is 10.1. The van der Waals surface area contributed by atoms with E-state index in [0.29, 0.717) is 16.3 Å². The number of benzene rings is 1. The molecule has 0 saturated heterocycles. The van der Waals surface area contributed by atoms with Gasteiger partial charge in [0.25, 0.3) is 0 Å². The third-order valence-electron chi connectivity index (χ3n) is 4.66. The topological polar surface area (TPSA) is 64.4 Å². The van der Waals surface area contributed by atoms with Crippen molar-refractivity contribution in [1.82, 2.24) is 14.1 Å². The highest BCUT2D eigenvalue weighted by atomic mass is 32.2. The molecule has 0 aliphatic carbocycles. The predicted molar refractivity (Wildman–Crippen MR) is 108 cm³/mol. The Bertz CT molecular complexity index is 931. The van der Waals surface area contributed by atoms with Gasteiger partial charge in [0.05, 0.1) is 24.0 Å². The summed E-state index contributed by atoms with van der Waals surface area (Å²) in [5.41, 5.74) is 3.81. The van der Waals surface area contributed by atoms with Gasteiger partial charge >= 0.3 is 0 Å². The van der Waals surface area contributed by atoms with E-state index in [2.05, 4.69) is 5.10 Å². The second-order valence-electron chi connectivity index (χ2n) is 8.11. The summed E-state index contributed by atoms with van der Waals surface area (Å²) >= 11 is 0. The highest BCUT2D eigenvalue weighted by Crippen LogP contribution is 2.29. The number of aryl methyl sites for hydroxylation is 3. The third kappa shape index (κ3) is 4.04. The van der Waals surface area contributed by atoms with E-state index in [1.807, 2.05) is 53.7 Å². The molecular formula is C20H31N3O3S. The minimum absolute atomic E-state index is 0.285. The average Bonchev–Trinajstić information content (AvgIpc) is 2.82. The Kier molecular flexibility index (Phi) is 5.78. The maximum absolute atomic E-state index is 13.3. The fraction of sp³-hybridized carbons (Fsp3) is 0.550. The van der Waals surface area contributed by atoms with Crippen LogP contribution in [-0.2, 0) is 22.1 Å². The van der Waals surface area contributed by atoms with Crippen LogP contribution in [-0.4, -0.2) is 36.7 Å². The first-order valence-corrected chi connectivity index (χ1v) is 10.4. The van der Waals surface area contributed by atoms with Gasteiger partial charge in [-0.05, 0) is 65.2 Å². The number of aromatic nitrogens is 2. The summed E-state index contributed by atoms with van der Waals surface area (Å²) < 4.78 is 35.1. The van der Waals surface area contributed by atoms with Gasteiger partial charge < -0.3 is 4.74 Å². The standard InChI is InChI=1S/C20H31N3O3S/c1-13-10-17(11-14(2)18(13)26-9)12-22(8)27(24,25)19-15(3)21-23(16(19)4)20(5,6)7/h10-11H,12H2,1-9H3. The Morgan fingerprint density at radius 3 is 2.04 bits per heavy atom. The van der Waals surface area contributed by atoms with Crippen molar-refractivity contribution in [3.63, 3.8) is 0 Å². The number of hydrogen-bond donors (Lipinski definition) is 0. The monoisotopic (exact) mass is 393 g/mol. The Morgan fingerprint density at radius 1 is 1.11 bits per heavy atom.